The highest BCUT2D eigenvalue weighted by Gasteiger charge is 2.38. The van der Waals surface area contributed by atoms with E-state index in [2.05, 4.69) is 22.4 Å². The molecule has 1 fully saturated rings. The Morgan fingerprint density at radius 2 is 2.33 bits per heavy atom. The molecule has 3 atom stereocenters. The highest BCUT2D eigenvalue weighted by Crippen LogP contribution is 2.24. The topological polar surface area (TPSA) is 32.3 Å². The number of ketones is 1. The van der Waals surface area contributed by atoms with E-state index in [-0.39, 0.29) is 18.0 Å². The Morgan fingerprint density at radius 1 is 1.58 bits per heavy atom. The summed E-state index contributed by atoms with van der Waals surface area (Å²) in [7, 11) is 2.00. The van der Waals surface area contributed by atoms with Crippen LogP contribution in [0.4, 0.5) is 0 Å². The van der Waals surface area contributed by atoms with Gasteiger partial charge in [-0.1, -0.05) is 12.2 Å². The number of nitrogens with one attached hydrogen (secondary N) is 1. The van der Waals surface area contributed by atoms with Gasteiger partial charge in [0.05, 0.1) is 12.2 Å². The van der Waals surface area contributed by atoms with E-state index < -0.39 is 0 Å². The molecule has 0 aromatic heterocycles. The van der Waals surface area contributed by atoms with E-state index in [1.807, 2.05) is 7.05 Å². The first-order valence-corrected chi connectivity index (χ1v) is 4.34. The zero-order valence-electron chi connectivity index (χ0n) is 7.45. The molecule has 12 heavy (non-hydrogen) atoms. The molecule has 2 bridgehead atoms. The van der Waals surface area contributed by atoms with Crippen LogP contribution in [0, 0.1) is 5.92 Å². The number of Topliss-reactive ketones (excluding diaryl/α,β-unsaturated/α-hetero) is 1. The molecule has 0 aromatic rings. The van der Waals surface area contributed by atoms with Crippen molar-refractivity contribution < 1.29 is 4.79 Å². The number of fused-ring (bicyclic) bond motifs is 2. The summed E-state index contributed by atoms with van der Waals surface area (Å²) in [5, 5.41) is 3.34. The van der Waals surface area contributed by atoms with E-state index in [0.29, 0.717) is 5.92 Å². The van der Waals surface area contributed by atoms with Crippen LogP contribution >= 0.6 is 0 Å². The van der Waals surface area contributed by atoms with Crippen molar-refractivity contribution in [3.8, 4) is 0 Å². The number of rotatable bonds is 1. The lowest BCUT2D eigenvalue weighted by molar-refractivity contribution is -0.125. The summed E-state index contributed by atoms with van der Waals surface area (Å²) in [5.41, 5.74) is 0. The zero-order chi connectivity index (χ0) is 8.72. The summed E-state index contributed by atoms with van der Waals surface area (Å²) >= 11 is 0. The van der Waals surface area contributed by atoms with Crippen molar-refractivity contribution in [1.29, 1.82) is 0 Å². The fourth-order valence-electron chi connectivity index (χ4n) is 2.20. The van der Waals surface area contributed by atoms with E-state index in [4.69, 9.17) is 0 Å². The predicted molar refractivity (Wildman–Crippen MR) is 46.7 cm³/mol. The smallest absolute Gasteiger partial charge is 0.147 e. The first-order chi connectivity index (χ1) is 5.70. The number of nitrogens with zero attached hydrogens (tertiary/aromatic N) is 1. The third-order valence-electron chi connectivity index (χ3n) is 2.80. The van der Waals surface area contributed by atoms with Crippen LogP contribution in [0.3, 0.4) is 0 Å². The van der Waals surface area contributed by atoms with Gasteiger partial charge in [-0.3, -0.25) is 15.0 Å². The van der Waals surface area contributed by atoms with Gasteiger partial charge in [0.15, 0.2) is 0 Å². The van der Waals surface area contributed by atoms with Crippen LogP contribution in [0.15, 0.2) is 12.2 Å². The lowest BCUT2D eigenvalue weighted by atomic mass is 9.88. The first-order valence-electron chi connectivity index (χ1n) is 4.34. The van der Waals surface area contributed by atoms with Crippen molar-refractivity contribution in [3.63, 3.8) is 0 Å². The van der Waals surface area contributed by atoms with Crippen LogP contribution in [0.5, 0.6) is 0 Å². The molecule has 3 rings (SSSR count). The molecule has 1 N–H and O–H groups in total. The maximum atomic E-state index is 11.3. The largest absolute Gasteiger partial charge is 0.298 e. The highest BCUT2D eigenvalue weighted by molar-refractivity contribution is 5.82. The molecule has 0 aromatic carbocycles. The second kappa shape index (κ2) is 2.68. The lowest BCUT2D eigenvalue weighted by Crippen LogP contribution is -2.62. The van der Waals surface area contributed by atoms with Crippen molar-refractivity contribution in [1.82, 2.24) is 10.2 Å². The van der Waals surface area contributed by atoms with Crippen molar-refractivity contribution >= 4 is 5.78 Å². The highest BCUT2D eigenvalue weighted by atomic mass is 16.1. The molecule has 0 spiro atoms. The molecule has 3 heteroatoms. The van der Waals surface area contributed by atoms with Crippen LogP contribution < -0.4 is 5.32 Å². The number of carbonyl (C=O) groups excluding carboxylic acids is 1. The average molecular weight is 166 g/mol. The summed E-state index contributed by atoms with van der Waals surface area (Å²) in [6.07, 6.45) is 4.56. The van der Waals surface area contributed by atoms with E-state index in [1.165, 1.54) is 0 Å². The molecule has 3 heterocycles. The summed E-state index contributed by atoms with van der Waals surface area (Å²) in [4.78, 5) is 13.4. The fourth-order valence-corrected chi connectivity index (χ4v) is 2.20. The maximum Gasteiger partial charge on any atom is 0.147 e. The van der Waals surface area contributed by atoms with E-state index >= 15 is 0 Å². The van der Waals surface area contributed by atoms with Crippen LogP contribution in [-0.2, 0) is 4.79 Å². The van der Waals surface area contributed by atoms with Gasteiger partial charge < -0.3 is 0 Å². The normalized spacial score (nSPS) is 40.3. The van der Waals surface area contributed by atoms with Crippen molar-refractivity contribution in [2.24, 2.45) is 5.92 Å². The van der Waals surface area contributed by atoms with Crippen molar-refractivity contribution in [3.05, 3.63) is 12.2 Å². The molecule has 0 saturated carbocycles. The van der Waals surface area contributed by atoms with Crippen LogP contribution in [0.2, 0.25) is 0 Å². The van der Waals surface area contributed by atoms with Crippen LogP contribution in [0.1, 0.15) is 6.92 Å². The first kappa shape index (κ1) is 7.95. The molecule has 3 nitrogen and oxygen atoms in total. The Balaban J connectivity index is 2.26. The van der Waals surface area contributed by atoms with Gasteiger partial charge in [0.25, 0.3) is 0 Å². The molecule has 0 radical (unpaired) electrons. The second-order valence-corrected chi connectivity index (χ2v) is 3.62. The van der Waals surface area contributed by atoms with E-state index in [0.717, 1.165) is 6.54 Å². The van der Waals surface area contributed by atoms with Gasteiger partial charge in [0, 0.05) is 12.5 Å². The standard InChI is InChI=1S/C9H14N2O/c1-6(12)9-7-3-4-8(10-5-7)11(9)2/h3-4,7-10H,5H2,1-2H3. The van der Waals surface area contributed by atoms with Gasteiger partial charge in [-0.2, -0.15) is 0 Å². The van der Waals surface area contributed by atoms with Gasteiger partial charge in [0.2, 0.25) is 0 Å². The number of likely N-dealkylation sites (N-methyl/N-ethyl adjacent to an activating group) is 1. The molecule has 3 aliphatic rings. The third kappa shape index (κ3) is 1.01. The third-order valence-corrected chi connectivity index (χ3v) is 2.80. The summed E-state index contributed by atoms with van der Waals surface area (Å²) < 4.78 is 0. The Bertz CT molecular complexity index is 237. The van der Waals surface area contributed by atoms with Crippen LogP contribution in [-0.4, -0.2) is 36.5 Å². The van der Waals surface area contributed by atoms with Gasteiger partial charge in [-0.05, 0) is 14.0 Å². The second-order valence-electron chi connectivity index (χ2n) is 3.62. The van der Waals surface area contributed by atoms with Crippen LogP contribution in [0.25, 0.3) is 0 Å². The summed E-state index contributed by atoms with van der Waals surface area (Å²) in [6.45, 7) is 2.62. The molecular formula is C9H14N2O. The molecule has 0 aliphatic carbocycles. The van der Waals surface area contributed by atoms with Gasteiger partial charge in [-0.15, -0.1) is 0 Å². The molecule has 1 saturated heterocycles. The molecular weight excluding hydrogens is 152 g/mol. The Hall–Kier alpha value is -0.670. The fraction of sp³-hybridized carbons (Fsp3) is 0.667. The summed E-state index contributed by atoms with van der Waals surface area (Å²) in [5.74, 6) is 0.649. The monoisotopic (exact) mass is 166 g/mol. The van der Waals surface area contributed by atoms with Gasteiger partial charge in [-0.25, -0.2) is 0 Å². The Kier molecular flexibility index (Phi) is 1.77. The maximum absolute atomic E-state index is 11.3. The number of hydrogen-bond donors (Lipinski definition) is 1. The van der Waals surface area contributed by atoms with Crippen molar-refractivity contribution in [2.45, 2.75) is 19.1 Å². The average Bonchev–Trinajstić information content (AvgIpc) is 2.05. The number of carbonyl (C=O) groups is 1. The minimum Gasteiger partial charge on any atom is -0.298 e. The lowest BCUT2D eigenvalue weighted by Gasteiger charge is -2.45. The quantitative estimate of drug-likeness (QED) is 0.556. The van der Waals surface area contributed by atoms with E-state index in [1.54, 1.807) is 6.92 Å². The minimum atomic E-state index is 0.0984. The predicted octanol–water partition coefficient (Wildman–Crippen LogP) is -0.00890. The van der Waals surface area contributed by atoms with Crippen molar-refractivity contribution in [2.75, 3.05) is 13.6 Å². The molecule has 3 unspecified atom stereocenters. The van der Waals surface area contributed by atoms with E-state index in [9.17, 15) is 4.79 Å². The Morgan fingerprint density at radius 3 is 2.67 bits per heavy atom. The zero-order valence-corrected chi connectivity index (χ0v) is 7.45. The molecule has 0 amide bonds. The Labute approximate surface area is 72.4 Å². The SMILES string of the molecule is CC(=O)C1C2C=CC(NC2)N1C. The minimum absolute atomic E-state index is 0.0984. The van der Waals surface area contributed by atoms with Gasteiger partial charge >= 0.3 is 0 Å². The van der Waals surface area contributed by atoms with Gasteiger partial charge in [0.1, 0.15) is 5.78 Å². The summed E-state index contributed by atoms with van der Waals surface area (Å²) in [6, 6.07) is 0.0984. The number of hydrogen-bond acceptors (Lipinski definition) is 3. The molecule has 66 valence electrons. The molecule has 3 aliphatic heterocycles.